The molecule has 4 saturated carbocycles. The molecule has 1 N–H and O–H groups in total. The van der Waals surface area contributed by atoms with E-state index in [-0.39, 0.29) is 11.3 Å². The molecule has 1 aromatic carbocycles. The predicted octanol–water partition coefficient (Wildman–Crippen LogP) is 4.62. The Bertz CT molecular complexity index is 953. The second kappa shape index (κ2) is 8.26. The van der Waals surface area contributed by atoms with Gasteiger partial charge in [-0.05, 0) is 80.1 Å². The number of aromatic nitrogens is 2. The highest BCUT2D eigenvalue weighted by atomic mass is 16.1. The van der Waals surface area contributed by atoms with Crippen molar-refractivity contribution in [2.75, 3.05) is 18.4 Å². The van der Waals surface area contributed by atoms with Crippen molar-refractivity contribution in [2.24, 2.45) is 23.2 Å². The predicted molar refractivity (Wildman–Crippen MR) is 125 cm³/mol. The van der Waals surface area contributed by atoms with E-state index in [0.29, 0.717) is 6.42 Å². The number of carbonyl (C=O) groups excluding carboxylic acids is 1. The van der Waals surface area contributed by atoms with E-state index in [9.17, 15) is 4.79 Å². The lowest BCUT2D eigenvalue weighted by atomic mass is 9.49. The van der Waals surface area contributed by atoms with E-state index >= 15 is 0 Å². The summed E-state index contributed by atoms with van der Waals surface area (Å²) in [5.74, 6) is 3.56. The summed E-state index contributed by atoms with van der Waals surface area (Å²) in [6.45, 7) is 2.86. The molecular formula is C27H34N4O. The minimum absolute atomic E-state index is 0.166. The normalized spacial score (nSPS) is 30.8. The first kappa shape index (κ1) is 20.3. The van der Waals surface area contributed by atoms with Gasteiger partial charge in [0, 0.05) is 31.6 Å². The fourth-order valence-electron chi connectivity index (χ4n) is 7.66. The molecule has 5 heteroatoms. The highest BCUT2D eigenvalue weighted by Crippen LogP contribution is 2.61. The van der Waals surface area contributed by atoms with Crippen LogP contribution in [0.3, 0.4) is 0 Å². The average molecular weight is 431 g/mol. The van der Waals surface area contributed by atoms with Crippen LogP contribution in [0.4, 0.5) is 5.82 Å². The summed E-state index contributed by atoms with van der Waals surface area (Å²) in [6.07, 6.45) is 12.3. The Labute approximate surface area is 191 Å². The van der Waals surface area contributed by atoms with Crippen LogP contribution in [0.2, 0.25) is 0 Å². The van der Waals surface area contributed by atoms with Crippen molar-refractivity contribution in [3.05, 3.63) is 53.5 Å². The summed E-state index contributed by atoms with van der Waals surface area (Å²) >= 11 is 0. The van der Waals surface area contributed by atoms with Crippen LogP contribution >= 0.6 is 0 Å². The van der Waals surface area contributed by atoms with Crippen LogP contribution in [0, 0.1) is 23.2 Å². The van der Waals surface area contributed by atoms with Crippen LogP contribution < -0.4 is 5.32 Å². The monoisotopic (exact) mass is 430 g/mol. The van der Waals surface area contributed by atoms with Crippen LogP contribution in [0.5, 0.6) is 0 Å². The zero-order valence-corrected chi connectivity index (χ0v) is 18.9. The zero-order chi connectivity index (χ0) is 21.5. The molecule has 0 unspecified atom stereocenters. The number of hydrogen-bond acceptors (Lipinski definition) is 4. The first-order valence-corrected chi connectivity index (χ1v) is 12.5. The third-order valence-corrected chi connectivity index (χ3v) is 8.60. The van der Waals surface area contributed by atoms with E-state index in [1.165, 1.54) is 44.1 Å². The quantitative estimate of drug-likeness (QED) is 0.726. The summed E-state index contributed by atoms with van der Waals surface area (Å²) in [4.78, 5) is 24.6. The number of nitrogens with zero attached hydrogens (tertiary/aromatic N) is 3. The average Bonchev–Trinajstić information content (AvgIpc) is 2.77. The van der Waals surface area contributed by atoms with Gasteiger partial charge >= 0.3 is 0 Å². The van der Waals surface area contributed by atoms with Gasteiger partial charge in [0.25, 0.3) is 0 Å². The molecule has 0 radical (unpaired) electrons. The van der Waals surface area contributed by atoms with E-state index in [2.05, 4.69) is 50.5 Å². The molecule has 1 aliphatic heterocycles. The van der Waals surface area contributed by atoms with Crippen molar-refractivity contribution < 1.29 is 4.79 Å². The molecule has 1 amide bonds. The molecule has 4 bridgehead atoms. The van der Waals surface area contributed by atoms with Gasteiger partial charge in [0.15, 0.2) is 0 Å². The van der Waals surface area contributed by atoms with E-state index in [0.717, 1.165) is 67.3 Å². The third-order valence-electron chi connectivity index (χ3n) is 8.60. The van der Waals surface area contributed by atoms with Gasteiger partial charge in [-0.2, -0.15) is 0 Å². The molecule has 0 spiro atoms. The molecule has 0 saturated heterocycles. The maximum Gasteiger partial charge on any atom is 0.226 e. The first-order chi connectivity index (χ1) is 15.6. The van der Waals surface area contributed by atoms with E-state index in [1.54, 1.807) is 6.33 Å². The second-order valence-electron chi connectivity index (χ2n) is 11.1. The SMILES string of the molecule is O=C(CC12CC3CC(CC(C3)C1)C2)Nc1ncnc2c1CCN(CCc1ccccc1)C2. The van der Waals surface area contributed by atoms with Gasteiger partial charge in [-0.15, -0.1) is 0 Å². The number of benzene rings is 1. The highest BCUT2D eigenvalue weighted by Gasteiger charge is 2.51. The van der Waals surface area contributed by atoms with Crippen LogP contribution in [-0.4, -0.2) is 33.9 Å². The molecule has 5 aliphatic rings. The number of anilines is 1. The lowest BCUT2D eigenvalue weighted by Crippen LogP contribution is -2.47. The standard InChI is InChI=1S/C27H34N4O/c32-25(16-27-13-20-10-21(14-27)12-22(11-20)15-27)30-26-23-7-9-31(17-24(23)28-18-29-26)8-6-19-4-2-1-3-5-19/h1-5,18,20-22H,6-17H2,(H,28,29,30,32). The molecule has 7 rings (SSSR count). The second-order valence-corrected chi connectivity index (χ2v) is 11.1. The lowest BCUT2D eigenvalue weighted by molar-refractivity contribution is -0.124. The molecule has 32 heavy (non-hydrogen) atoms. The maximum absolute atomic E-state index is 13.1. The topological polar surface area (TPSA) is 58.1 Å². The number of hydrogen-bond donors (Lipinski definition) is 1. The van der Waals surface area contributed by atoms with Gasteiger partial charge in [-0.1, -0.05) is 30.3 Å². The Morgan fingerprint density at radius 3 is 2.47 bits per heavy atom. The molecule has 5 nitrogen and oxygen atoms in total. The summed E-state index contributed by atoms with van der Waals surface area (Å²) in [5.41, 5.74) is 3.85. The summed E-state index contributed by atoms with van der Waals surface area (Å²) in [6, 6.07) is 10.7. The van der Waals surface area contributed by atoms with Crippen LogP contribution in [0.15, 0.2) is 36.7 Å². The van der Waals surface area contributed by atoms with E-state index in [4.69, 9.17) is 0 Å². The minimum Gasteiger partial charge on any atom is -0.310 e. The lowest BCUT2D eigenvalue weighted by Gasteiger charge is -2.56. The molecule has 2 aromatic rings. The molecule has 0 atom stereocenters. The molecule has 1 aromatic heterocycles. The molecule has 168 valence electrons. The highest BCUT2D eigenvalue weighted by molar-refractivity contribution is 5.91. The van der Waals surface area contributed by atoms with Crippen molar-refractivity contribution in [1.29, 1.82) is 0 Å². The van der Waals surface area contributed by atoms with Crippen LogP contribution in [0.25, 0.3) is 0 Å². The van der Waals surface area contributed by atoms with Crippen molar-refractivity contribution in [3.8, 4) is 0 Å². The zero-order valence-electron chi connectivity index (χ0n) is 18.9. The van der Waals surface area contributed by atoms with Gasteiger partial charge < -0.3 is 5.32 Å². The summed E-state index contributed by atoms with van der Waals surface area (Å²) < 4.78 is 0. The van der Waals surface area contributed by atoms with Crippen molar-refractivity contribution in [2.45, 2.75) is 64.3 Å². The van der Waals surface area contributed by atoms with Gasteiger partial charge in [0.05, 0.1) is 5.69 Å². The molecule has 4 aliphatic carbocycles. The summed E-state index contributed by atoms with van der Waals surface area (Å²) in [7, 11) is 0. The summed E-state index contributed by atoms with van der Waals surface area (Å²) in [5, 5.41) is 3.21. The van der Waals surface area contributed by atoms with E-state index in [1.807, 2.05) is 0 Å². The molecular weight excluding hydrogens is 396 g/mol. The molecule has 4 fully saturated rings. The Morgan fingerprint density at radius 1 is 1.03 bits per heavy atom. The van der Waals surface area contributed by atoms with Gasteiger partial charge in [0.1, 0.15) is 12.1 Å². The Morgan fingerprint density at radius 2 is 1.75 bits per heavy atom. The largest absolute Gasteiger partial charge is 0.310 e. The minimum atomic E-state index is 0.166. The van der Waals surface area contributed by atoms with Crippen molar-refractivity contribution >= 4 is 11.7 Å². The smallest absolute Gasteiger partial charge is 0.226 e. The maximum atomic E-state index is 13.1. The number of amides is 1. The van der Waals surface area contributed by atoms with Gasteiger partial charge in [-0.25, -0.2) is 9.97 Å². The Kier molecular flexibility index (Phi) is 5.25. The van der Waals surface area contributed by atoms with Crippen LogP contribution in [-0.2, 0) is 24.2 Å². The van der Waals surface area contributed by atoms with Crippen LogP contribution in [0.1, 0.15) is 61.8 Å². The van der Waals surface area contributed by atoms with Crippen molar-refractivity contribution in [3.63, 3.8) is 0 Å². The Balaban J connectivity index is 1.09. The fraction of sp³-hybridized carbons (Fsp3) is 0.593. The number of carbonyl (C=O) groups is 1. The van der Waals surface area contributed by atoms with Gasteiger partial charge in [-0.3, -0.25) is 9.69 Å². The third kappa shape index (κ3) is 4.07. The van der Waals surface area contributed by atoms with Crippen molar-refractivity contribution in [1.82, 2.24) is 14.9 Å². The number of nitrogens with one attached hydrogen (secondary N) is 1. The van der Waals surface area contributed by atoms with E-state index < -0.39 is 0 Å². The van der Waals surface area contributed by atoms with Gasteiger partial charge in [0.2, 0.25) is 5.91 Å². The first-order valence-electron chi connectivity index (χ1n) is 12.5. The number of fused-ring (bicyclic) bond motifs is 1. The fourth-order valence-corrected chi connectivity index (χ4v) is 7.66. The number of rotatable bonds is 6. The molecule has 2 heterocycles. The Hall–Kier alpha value is -2.27.